The lowest BCUT2D eigenvalue weighted by molar-refractivity contribution is -0.125. The highest BCUT2D eigenvalue weighted by Gasteiger charge is 2.36. The minimum Gasteiger partial charge on any atom is -0.492 e. The van der Waals surface area contributed by atoms with Gasteiger partial charge in [0.25, 0.3) is 0 Å². The van der Waals surface area contributed by atoms with Crippen molar-refractivity contribution in [2.45, 2.75) is 13.3 Å². The molecule has 130 valence electrons. The fraction of sp³-hybridized carbons (Fsp3) is 0.263. The average Bonchev–Trinajstić information content (AvgIpc) is 3.03. The minimum atomic E-state index is -0.404. The molecule has 1 fully saturated rings. The number of hydrogen-bond donors (Lipinski definition) is 2. The van der Waals surface area contributed by atoms with E-state index in [-0.39, 0.29) is 18.2 Å². The van der Waals surface area contributed by atoms with E-state index in [2.05, 4.69) is 10.9 Å². The summed E-state index contributed by atoms with van der Waals surface area (Å²) in [6.07, 6.45) is 0.183. The third-order valence-corrected chi connectivity index (χ3v) is 4.06. The summed E-state index contributed by atoms with van der Waals surface area (Å²) in [6.45, 7) is 2.75. The zero-order valence-corrected chi connectivity index (χ0v) is 14.1. The summed E-state index contributed by atoms with van der Waals surface area (Å²) in [6, 6.07) is 16.7. The first-order chi connectivity index (χ1) is 12.2. The number of nitrogens with one attached hydrogen (secondary N) is 2. The Morgan fingerprint density at radius 3 is 2.64 bits per heavy atom. The van der Waals surface area contributed by atoms with Gasteiger partial charge in [-0.2, -0.15) is 0 Å². The SMILES string of the molecule is CCOc1ccccc1N1CC(C(=O)NNc2ccccc2)CC1=O. The zero-order valence-electron chi connectivity index (χ0n) is 14.1. The van der Waals surface area contributed by atoms with Gasteiger partial charge in [0.2, 0.25) is 11.8 Å². The van der Waals surface area contributed by atoms with Gasteiger partial charge < -0.3 is 9.64 Å². The Morgan fingerprint density at radius 2 is 1.88 bits per heavy atom. The van der Waals surface area contributed by atoms with Gasteiger partial charge in [0.15, 0.2) is 0 Å². The van der Waals surface area contributed by atoms with Crippen LogP contribution in [-0.4, -0.2) is 25.0 Å². The molecule has 0 bridgehead atoms. The number of anilines is 2. The number of rotatable bonds is 6. The van der Waals surface area contributed by atoms with E-state index in [4.69, 9.17) is 4.74 Å². The number of carbonyl (C=O) groups is 2. The number of benzene rings is 2. The van der Waals surface area contributed by atoms with Gasteiger partial charge in [-0.05, 0) is 31.2 Å². The standard InChI is InChI=1S/C19H21N3O3/c1-2-25-17-11-7-6-10-16(17)22-13-14(12-18(22)23)19(24)21-20-15-8-4-3-5-9-15/h3-11,14,20H,2,12-13H2,1H3,(H,21,24). The highest BCUT2D eigenvalue weighted by atomic mass is 16.5. The molecule has 1 heterocycles. The molecule has 2 amide bonds. The molecule has 0 aliphatic carbocycles. The van der Waals surface area contributed by atoms with Gasteiger partial charge in [-0.25, -0.2) is 0 Å². The van der Waals surface area contributed by atoms with Crippen LogP contribution in [0.25, 0.3) is 0 Å². The topological polar surface area (TPSA) is 70.7 Å². The number of carbonyl (C=O) groups excluding carboxylic acids is 2. The summed E-state index contributed by atoms with van der Waals surface area (Å²) in [5, 5.41) is 0. The fourth-order valence-electron chi connectivity index (χ4n) is 2.83. The Hall–Kier alpha value is -3.02. The summed E-state index contributed by atoms with van der Waals surface area (Å²) in [5.74, 6) is -0.0270. The van der Waals surface area contributed by atoms with Gasteiger partial charge in [0.1, 0.15) is 5.75 Å². The maximum atomic E-state index is 12.4. The number of para-hydroxylation sites is 3. The largest absolute Gasteiger partial charge is 0.492 e. The first-order valence-electron chi connectivity index (χ1n) is 8.32. The minimum absolute atomic E-state index is 0.0768. The summed E-state index contributed by atoms with van der Waals surface area (Å²) in [5.41, 5.74) is 7.04. The molecule has 0 saturated carbocycles. The van der Waals surface area contributed by atoms with Gasteiger partial charge in [-0.3, -0.25) is 20.4 Å². The maximum absolute atomic E-state index is 12.4. The fourth-order valence-corrected chi connectivity index (χ4v) is 2.83. The number of hydrogen-bond acceptors (Lipinski definition) is 4. The van der Waals surface area contributed by atoms with Crippen LogP contribution in [0.2, 0.25) is 0 Å². The normalized spacial score (nSPS) is 16.6. The van der Waals surface area contributed by atoms with Crippen molar-refractivity contribution in [3.05, 3.63) is 54.6 Å². The second kappa shape index (κ2) is 7.70. The molecule has 3 rings (SSSR count). The predicted molar refractivity (Wildman–Crippen MR) is 96.3 cm³/mol. The Bertz CT molecular complexity index is 749. The lowest BCUT2D eigenvalue weighted by Crippen LogP contribution is -2.36. The van der Waals surface area contributed by atoms with Crippen LogP contribution in [0.3, 0.4) is 0 Å². The van der Waals surface area contributed by atoms with Crippen LogP contribution in [0.1, 0.15) is 13.3 Å². The van der Waals surface area contributed by atoms with Crippen LogP contribution in [0.4, 0.5) is 11.4 Å². The van der Waals surface area contributed by atoms with Gasteiger partial charge in [-0.15, -0.1) is 0 Å². The van der Waals surface area contributed by atoms with Crippen molar-refractivity contribution in [2.24, 2.45) is 5.92 Å². The van der Waals surface area contributed by atoms with Gasteiger partial charge in [0, 0.05) is 13.0 Å². The highest BCUT2D eigenvalue weighted by molar-refractivity contribution is 6.01. The molecular weight excluding hydrogens is 318 g/mol. The molecule has 1 saturated heterocycles. The Balaban J connectivity index is 1.65. The Kier molecular flexibility index (Phi) is 5.18. The molecule has 2 aromatic carbocycles. The quantitative estimate of drug-likeness (QED) is 0.794. The zero-order chi connectivity index (χ0) is 17.6. The maximum Gasteiger partial charge on any atom is 0.243 e. The first-order valence-corrected chi connectivity index (χ1v) is 8.32. The third kappa shape index (κ3) is 3.91. The van der Waals surface area contributed by atoms with Crippen molar-refractivity contribution in [2.75, 3.05) is 23.5 Å². The number of nitrogens with zero attached hydrogens (tertiary/aromatic N) is 1. The van der Waals surface area contributed by atoms with E-state index in [0.717, 1.165) is 5.69 Å². The second-order valence-corrected chi connectivity index (χ2v) is 5.79. The second-order valence-electron chi connectivity index (χ2n) is 5.79. The summed E-state index contributed by atoms with van der Waals surface area (Å²) >= 11 is 0. The third-order valence-electron chi connectivity index (χ3n) is 4.06. The summed E-state index contributed by atoms with van der Waals surface area (Å²) in [7, 11) is 0. The van der Waals surface area contributed by atoms with E-state index in [9.17, 15) is 9.59 Å². The average molecular weight is 339 g/mol. The molecular formula is C19H21N3O3. The molecule has 1 aliphatic rings. The van der Waals surface area contributed by atoms with Gasteiger partial charge in [-0.1, -0.05) is 30.3 Å². The molecule has 0 spiro atoms. The van der Waals surface area contributed by atoms with Crippen LogP contribution >= 0.6 is 0 Å². The predicted octanol–water partition coefficient (Wildman–Crippen LogP) is 2.58. The summed E-state index contributed by atoms with van der Waals surface area (Å²) in [4.78, 5) is 26.4. The van der Waals surface area contributed by atoms with E-state index < -0.39 is 5.92 Å². The van der Waals surface area contributed by atoms with Crippen LogP contribution in [-0.2, 0) is 9.59 Å². The lowest BCUT2D eigenvalue weighted by Gasteiger charge is -2.20. The number of hydrazine groups is 1. The molecule has 2 N–H and O–H groups in total. The van der Waals surface area contributed by atoms with Crippen molar-refractivity contribution >= 4 is 23.2 Å². The van der Waals surface area contributed by atoms with Crippen LogP contribution in [0.15, 0.2) is 54.6 Å². The van der Waals surface area contributed by atoms with Crippen LogP contribution in [0, 0.1) is 5.92 Å². The first kappa shape index (κ1) is 16.8. The van der Waals surface area contributed by atoms with Crippen molar-refractivity contribution in [3.8, 4) is 5.75 Å². The molecule has 6 heteroatoms. The highest BCUT2D eigenvalue weighted by Crippen LogP contribution is 2.33. The molecule has 25 heavy (non-hydrogen) atoms. The molecule has 1 aliphatic heterocycles. The van der Waals surface area contributed by atoms with Crippen molar-refractivity contribution in [3.63, 3.8) is 0 Å². The molecule has 1 unspecified atom stereocenters. The van der Waals surface area contributed by atoms with Crippen molar-refractivity contribution in [1.29, 1.82) is 0 Å². The molecule has 0 aromatic heterocycles. The van der Waals surface area contributed by atoms with Crippen LogP contribution < -0.4 is 20.5 Å². The van der Waals surface area contributed by atoms with Gasteiger partial charge >= 0.3 is 0 Å². The smallest absolute Gasteiger partial charge is 0.243 e. The Labute approximate surface area is 146 Å². The molecule has 2 aromatic rings. The van der Waals surface area contributed by atoms with Crippen molar-refractivity contribution < 1.29 is 14.3 Å². The number of amides is 2. The van der Waals surface area contributed by atoms with Crippen LogP contribution in [0.5, 0.6) is 5.75 Å². The van der Waals surface area contributed by atoms with Crippen molar-refractivity contribution in [1.82, 2.24) is 5.43 Å². The lowest BCUT2D eigenvalue weighted by atomic mass is 10.1. The molecule has 6 nitrogen and oxygen atoms in total. The van der Waals surface area contributed by atoms with E-state index in [0.29, 0.717) is 24.6 Å². The molecule has 0 radical (unpaired) electrons. The molecule has 1 atom stereocenters. The van der Waals surface area contributed by atoms with Gasteiger partial charge in [0.05, 0.1) is 23.9 Å². The Morgan fingerprint density at radius 1 is 1.16 bits per heavy atom. The number of ether oxygens (including phenoxy) is 1. The van der Waals surface area contributed by atoms with E-state index >= 15 is 0 Å². The van der Waals surface area contributed by atoms with E-state index in [1.165, 1.54) is 0 Å². The summed E-state index contributed by atoms with van der Waals surface area (Å²) < 4.78 is 5.59. The monoisotopic (exact) mass is 339 g/mol. The van der Waals surface area contributed by atoms with E-state index in [1.807, 2.05) is 61.5 Å². The van der Waals surface area contributed by atoms with E-state index in [1.54, 1.807) is 4.90 Å².